The smallest absolute Gasteiger partial charge is 0.0674 e. The molecule has 1 aliphatic carbocycles. The highest BCUT2D eigenvalue weighted by molar-refractivity contribution is 9.10. The van der Waals surface area contributed by atoms with E-state index in [1.165, 1.54) is 12.8 Å². The molecule has 3 heteroatoms. The van der Waals surface area contributed by atoms with Crippen LogP contribution in [0.2, 0.25) is 0 Å². The van der Waals surface area contributed by atoms with Crippen LogP contribution < -0.4 is 5.73 Å². The first-order valence-electron chi connectivity index (χ1n) is 6.71. The SMILES string of the molecule is CC1(C(O)C(CN)c2ccccc2Br)CCCC1. The zero-order chi connectivity index (χ0) is 13.2. The van der Waals surface area contributed by atoms with Crippen LogP contribution in [0, 0.1) is 5.41 Å². The third-order valence-corrected chi connectivity index (χ3v) is 5.12. The van der Waals surface area contributed by atoms with Crippen LogP contribution in [0.1, 0.15) is 44.1 Å². The quantitative estimate of drug-likeness (QED) is 0.895. The van der Waals surface area contributed by atoms with E-state index in [1.54, 1.807) is 0 Å². The van der Waals surface area contributed by atoms with E-state index in [4.69, 9.17) is 5.73 Å². The van der Waals surface area contributed by atoms with Gasteiger partial charge in [-0.3, -0.25) is 0 Å². The van der Waals surface area contributed by atoms with Gasteiger partial charge < -0.3 is 10.8 Å². The topological polar surface area (TPSA) is 46.2 Å². The van der Waals surface area contributed by atoms with Gasteiger partial charge in [0.1, 0.15) is 0 Å². The highest BCUT2D eigenvalue weighted by Crippen LogP contribution is 2.45. The maximum Gasteiger partial charge on any atom is 0.0674 e. The van der Waals surface area contributed by atoms with Crippen LogP contribution >= 0.6 is 15.9 Å². The first kappa shape index (κ1) is 14.0. The Morgan fingerprint density at radius 2 is 1.94 bits per heavy atom. The van der Waals surface area contributed by atoms with Crippen molar-refractivity contribution >= 4 is 15.9 Å². The Kier molecular flexibility index (Phi) is 4.46. The standard InChI is InChI=1S/C15H22BrNO/c1-15(8-4-5-9-15)14(18)12(10-17)11-6-2-3-7-13(11)16/h2-3,6-7,12,14,18H,4-5,8-10,17H2,1H3. The fraction of sp³-hybridized carbons (Fsp3) is 0.600. The Hall–Kier alpha value is -0.380. The van der Waals surface area contributed by atoms with Crippen molar-refractivity contribution in [1.82, 2.24) is 0 Å². The van der Waals surface area contributed by atoms with Crippen molar-refractivity contribution < 1.29 is 5.11 Å². The van der Waals surface area contributed by atoms with Crippen LogP contribution in [0.3, 0.4) is 0 Å². The predicted octanol–water partition coefficient (Wildman–Crippen LogP) is 3.43. The van der Waals surface area contributed by atoms with Gasteiger partial charge in [-0.15, -0.1) is 0 Å². The van der Waals surface area contributed by atoms with Gasteiger partial charge >= 0.3 is 0 Å². The summed E-state index contributed by atoms with van der Waals surface area (Å²) < 4.78 is 1.04. The number of hydrogen-bond acceptors (Lipinski definition) is 2. The molecule has 2 rings (SSSR count). The van der Waals surface area contributed by atoms with E-state index >= 15 is 0 Å². The van der Waals surface area contributed by atoms with E-state index in [-0.39, 0.29) is 17.4 Å². The summed E-state index contributed by atoms with van der Waals surface area (Å²) in [6.45, 7) is 2.68. The van der Waals surface area contributed by atoms with Crippen LogP contribution in [0.4, 0.5) is 0 Å². The lowest BCUT2D eigenvalue weighted by molar-refractivity contribution is 0.0211. The van der Waals surface area contributed by atoms with Gasteiger partial charge in [-0.25, -0.2) is 0 Å². The Balaban J connectivity index is 2.26. The van der Waals surface area contributed by atoms with E-state index in [0.717, 1.165) is 22.9 Å². The molecule has 2 unspecified atom stereocenters. The van der Waals surface area contributed by atoms with E-state index < -0.39 is 0 Å². The van der Waals surface area contributed by atoms with Gasteiger partial charge in [-0.2, -0.15) is 0 Å². The average Bonchev–Trinajstić information content (AvgIpc) is 2.81. The molecular weight excluding hydrogens is 290 g/mol. The Morgan fingerprint density at radius 1 is 1.33 bits per heavy atom. The van der Waals surface area contributed by atoms with Crippen molar-refractivity contribution in [2.24, 2.45) is 11.1 Å². The average molecular weight is 312 g/mol. The molecule has 1 aromatic carbocycles. The monoisotopic (exact) mass is 311 g/mol. The molecule has 2 atom stereocenters. The van der Waals surface area contributed by atoms with Crippen molar-refractivity contribution in [3.8, 4) is 0 Å². The van der Waals surface area contributed by atoms with Crippen molar-refractivity contribution in [2.75, 3.05) is 6.54 Å². The highest BCUT2D eigenvalue weighted by Gasteiger charge is 2.40. The van der Waals surface area contributed by atoms with Gasteiger partial charge in [0.05, 0.1) is 6.10 Å². The molecule has 1 aliphatic rings. The van der Waals surface area contributed by atoms with Gasteiger partial charge in [0, 0.05) is 16.9 Å². The minimum Gasteiger partial charge on any atom is -0.392 e. The van der Waals surface area contributed by atoms with Crippen LogP contribution in [-0.2, 0) is 0 Å². The third kappa shape index (κ3) is 2.63. The van der Waals surface area contributed by atoms with E-state index in [9.17, 15) is 5.11 Å². The normalized spacial score (nSPS) is 21.8. The number of aliphatic hydroxyl groups excluding tert-OH is 1. The molecular formula is C15H22BrNO. The summed E-state index contributed by atoms with van der Waals surface area (Å²) in [4.78, 5) is 0. The molecule has 1 saturated carbocycles. The van der Waals surface area contributed by atoms with Crippen molar-refractivity contribution in [2.45, 2.75) is 44.6 Å². The number of rotatable bonds is 4. The van der Waals surface area contributed by atoms with Crippen molar-refractivity contribution in [3.63, 3.8) is 0 Å². The van der Waals surface area contributed by atoms with E-state index in [1.807, 2.05) is 18.2 Å². The molecule has 1 aromatic rings. The van der Waals surface area contributed by atoms with Crippen molar-refractivity contribution in [1.29, 1.82) is 0 Å². The maximum atomic E-state index is 10.7. The van der Waals surface area contributed by atoms with Gasteiger partial charge in [-0.1, -0.05) is 53.9 Å². The Bertz CT molecular complexity index is 401. The van der Waals surface area contributed by atoms with E-state index in [0.29, 0.717) is 6.54 Å². The molecule has 0 amide bonds. The van der Waals surface area contributed by atoms with Gasteiger partial charge in [0.25, 0.3) is 0 Å². The van der Waals surface area contributed by atoms with Gasteiger partial charge in [0.15, 0.2) is 0 Å². The number of aliphatic hydroxyl groups is 1. The summed E-state index contributed by atoms with van der Waals surface area (Å²) in [5, 5.41) is 10.7. The lowest BCUT2D eigenvalue weighted by Gasteiger charge is -2.36. The summed E-state index contributed by atoms with van der Waals surface area (Å²) >= 11 is 3.57. The summed E-state index contributed by atoms with van der Waals surface area (Å²) in [7, 11) is 0. The predicted molar refractivity (Wildman–Crippen MR) is 78.5 cm³/mol. The maximum absolute atomic E-state index is 10.7. The molecule has 1 fully saturated rings. The highest BCUT2D eigenvalue weighted by atomic mass is 79.9. The van der Waals surface area contributed by atoms with Gasteiger partial charge in [-0.05, 0) is 29.9 Å². The van der Waals surface area contributed by atoms with E-state index in [2.05, 4.69) is 28.9 Å². The zero-order valence-corrected chi connectivity index (χ0v) is 12.5. The third-order valence-electron chi connectivity index (χ3n) is 4.40. The molecule has 100 valence electrons. The Labute approximate surface area is 118 Å². The second kappa shape index (κ2) is 5.72. The molecule has 0 spiro atoms. The van der Waals surface area contributed by atoms with Crippen LogP contribution in [0.5, 0.6) is 0 Å². The fourth-order valence-corrected chi connectivity index (χ4v) is 3.74. The van der Waals surface area contributed by atoms with Crippen LogP contribution in [0.25, 0.3) is 0 Å². The van der Waals surface area contributed by atoms with Crippen molar-refractivity contribution in [3.05, 3.63) is 34.3 Å². The Morgan fingerprint density at radius 3 is 2.50 bits per heavy atom. The van der Waals surface area contributed by atoms with Gasteiger partial charge in [0.2, 0.25) is 0 Å². The minimum absolute atomic E-state index is 0.0173. The second-order valence-electron chi connectivity index (χ2n) is 5.67. The second-order valence-corrected chi connectivity index (χ2v) is 6.52. The molecule has 0 radical (unpaired) electrons. The largest absolute Gasteiger partial charge is 0.392 e. The summed E-state index contributed by atoms with van der Waals surface area (Å²) in [6.07, 6.45) is 4.30. The fourth-order valence-electron chi connectivity index (χ4n) is 3.17. The first-order chi connectivity index (χ1) is 8.58. The summed E-state index contributed by atoms with van der Waals surface area (Å²) in [5.74, 6) is 0.0173. The summed E-state index contributed by atoms with van der Waals surface area (Å²) in [6, 6.07) is 8.07. The minimum atomic E-state index is -0.358. The summed E-state index contributed by atoms with van der Waals surface area (Å²) in [5.41, 5.74) is 7.07. The number of hydrogen-bond donors (Lipinski definition) is 2. The molecule has 0 aromatic heterocycles. The zero-order valence-electron chi connectivity index (χ0n) is 10.9. The van der Waals surface area contributed by atoms with Crippen LogP contribution in [-0.4, -0.2) is 17.8 Å². The molecule has 0 saturated heterocycles. The number of nitrogens with two attached hydrogens (primary N) is 1. The lowest BCUT2D eigenvalue weighted by Crippen LogP contribution is -2.38. The molecule has 0 aliphatic heterocycles. The molecule has 18 heavy (non-hydrogen) atoms. The first-order valence-corrected chi connectivity index (χ1v) is 7.50. The number of halogens is 1. The molecule has 0 heterocycles. The van der Waals surface area contributed by atoms with Crippen LogP contribution in [0.15, 0.2) is 28.7 Å². The molecule has 2 nitrogen and oxygen atoms in total. The lowest BCUT2D eigenvalue weighted by atomic mass is 9.74. The molecule has 3 N–H and O–H groups in total. The molecule has 0 bridgehead atoms. The number of benzene rings is 1.